The molecule has 9 heavy (non-hydrogen) atoms. The molecule has 46 valence electrons. The van der Waals surface area contributed by atoms with Crippen molar-refractivity contribution >= 4 is 6.29 Å². The van der Waals surface area contributed by atoms with Crippen molar-refractivity contribution in [2.45, 2.75) is 0 Å². The minimum atomic E-state index is 0. The van der Waals surface area contributed by atoms with Crippen LogP contribution in [0.25, 0.3) is 0 Å². The molecule has 0 unspecified atom stereocenters. The van der Waals surface area contributed by atoms with Gasteiger partial charge in [-0.2, -0.15) is 0 Å². The third kappa shape index (κ3) is 1.39. The lowest BCUT2D eigenvalue weighted by atomic mass is 10.2. The van der Waals surface area contributed by atoms with E-state index in [9.17, 15) is 4.79 Å². The Bertz CT molecular complexity index is 203. The molecule has 0 atom stereocenters. The summed E-state index contributed by atoms with van der Waals surface area (Å²) in [5.41, 5.74) is 1.63. The van der Waals surface area contributed by atoms with Crippen molar-refractivity contribution in [1.29, 1.82) is 0 Å². The van der Waals surface area contributed by atoms with Crippen molar-refractivity contribution in [3.63, 3.8) is 0 Å². The molecule has 1 nitrogen and oxygen atoms in total. The summed E-state index contributed by atoms with van der Waals surface area (Å²) in [5, 5.41) is 0. The molecule has 0 aliphatic heterocycles. The van der Waals surface area contributed by atoms with E-state index >= 15 is 0 Å². The van der Waals surface area contributed by atoms with Crippen LogP contribution in [0.1, 0.15) is 17.3 Å². The van der Waals surface area contributed by atoms with Crippen LogP contribution in [0.15, 0.2) is 24.3 Å². The summed E-state index contributed by atoms with van der Waals surface area (Å²) < 4.78 is 0. The van der Waals surface area contributed by atoms with Crippen molar-refractivity contribution in [3.05, 3.63) is 42.3 Å². The topological polar surface area (TPSA) is 17.1 Å². The quantitative estimate of drug-likeness (QED) is 0.516. The molecule has 1 heteroatoms. The van der Waals surface area contributed by atoms with Crippen molar-refractivity contribution < 1.29 is 6.22 Å². The molecule has 0 saturated heterocycles. The molecule has 1 aromatic rings. The first-order chi connectivity index (χ1) is 4.33. The van der Waals surface area contributed by atoms with Gasteiger partial charge in [-0.1, -0.05) is 24.3 Å². The molecule has 0 heterocycles. The number of hydrogen-bond acceptors (Lipinski definition) is 1. The fourth-order valence-corrected chi connectivity index (χ4v) is 0.596. The highest BCUT2D eigenvalue weighted by Gasteiger charge is 1.85. The lowest BCUT2D eigenvalue weighted by molar-refractivity contribution is 0.112. The van der Waals surface area contributed by atoms with Crippen molar-refractivity contribution in [1.82, 2.24) is 0 Å². The number of benzene rings is 1. The molecule has 0 aromatic heterocycles. The summed E-state index contributed by atoms with van der Waals surface area (Å²) in [4.78, 5) is 10.1. The smallest absolute Gasteiger partial charge is 0.150 e. The first-order valence-electron chi connectivity index (χ1n) is 2.70. The predicted octanol–water partition coefficient (Wildman–Crippen LogP) is 1.79. The van der Waals surface area contributed by atoms with Crippen LogP contribution in [0, 0.1) is 6.92 Å². The average Bonchev–Trinajstić information content (AvgIpc) is 1.90. The predicted molar refractivity (Wildman–Crippen MR) is 37.4 cm³/mol. The van der Waals surface area contributed by atoms with Gasteiger partial charge >= 0.3 is 0 Å². The molecule has 0 aliphatic carbocycles. The van der Waals surface area contributed by atoms with Crippen molar-refractivity contribution in [2.75, 3.05) is 0 Å². The number of carbonyl (C=O) groups excluding carboxylic acids is 1. The Morgan fingerprint density at radius 1 is 1.33 bits per heavy atom. The van der Waals surface area contributed by atoms with Gasteiger partial charge in [-0.15, -0.1) is 0 Å². The van der Waals surface area contributed by atoms with E-state index in [1.165, 1.54) is 0 Å². The number of hydrogen-bond donors (Lipinski definition) is 0. The fraction of sp³-hybridized carbons (Fsp3) is 0. The van der Waals surface area contributed by atoms with E-state index in [0.717, 1.165) is 11.8 Å². The Kier molecular flexibility index (Phi) is 1.63. The summed E-state index contributed by atoms with van der Waals surface area (Å²) in [6.45, 7) is 3.68. The summed E-state index contributed by atoms with van der Waals surface area (Å²) in [6, 6.07) is 7.11. The van der Waals surface area contributed by atoms with E-state index in [0.29, 0.717) is 5.56 Å². The van der Waals surface area contributed by atoms with Gasteiger partial charge in [-0.3, -0.25) is 4.79 Å². The minimum Gasteiger partial charge on any atom is -0.298 e. The lowest BCUT2D eigenvalue weighted by Gasteiger charge is -1.89. The van der Waals surface area contributed by atoms with Gasteiger partial charge in [0.1, 0.15) is 6.29 Å². The Labute approximate surface area is 55.8 Å². The van der Waals surface area contributed by atoms with Gasteiger partial charge in [-0.05, 0) is 12.5 Å². The number of rotatable bonds is 1. The standard InChI is InChI=1S/C8H7O.H/c1-7-2-4-8(6-9)5-3-7;/h2-6H,1H2;. The molecule has 0 aliphatic rings. The van der Waals surface area contributed by atoms with Crippen LogP contribution in [0.4, 0.5) is 0 Å². The van der Waals surface area contributed by atoms with Gasteiger partial charge in [0.05, 0.1) is 0 Å². The van der Waals surface area contributed by atoms with Gasteiger partial charge in [0.15, 0.2) is 0 Å². The summed E-state index contributed by atoms with van der Waals surface area (Å²) in [5.74, 6) is 0. The summed E-state index contributed by atoms with van der Waals surface area (Å²) >= 11 is 0. The van der Waals surface area contributed by atoms with Gasteiger partial charge in [0.2, 0.25) is 0 Å². The normalized spacial score (nSPS) is 9.00. The van der Waals surface area contributed by atoms with E-state index in [4.69, 9.17) is 0 Å². The molecule has 2 radical (unpaired) electrons. The van der Waals surface area contributed by atoms with Crippen LogP contribution in [-0.2, 0) is 0 Å². The maximum absolute atomic E-state index is 10.1. The molecule has 0 N–H and O–H groups in total. The highest BCUT2D eigenvalue weighted by molar-refractivity contribution is 5.74. The molecular formula is C8H8O. The summed E-state index contributed by atoms with van der Waals surface area (Å²) in [6.07, 6.45) is 0.819. The molecule has 0 amide bonds. The third-order valence-corrected chi connectivity index (χ3v) is 1.12. The molecule has 0 fully saturated rings. The number of carbonyl (C=O) groups is 1. The zero-order valence-electron chi connectivity index (χ0n) is 6.00. The zero-order chi connectivity index (χ0) is 6.69. The molecule has 1 rings (SSSR count). The van der Waals surface area contributed by atoms with Crippen molar-refractivity contribution in [2.24, 2.45) is 0 Å². The maximum Gasteiger partial charge on any atom is 0.150 e. The highest BCUT2D eigenvalue weighted by atomic mass is 16.1. The molecule has 0 saturated carbocycles. The van der Waals surface area contributed by atoms with E-state index < -0.39 is 0 Å². The Hall–Kier alpha value is -1.11. The van der Waals surface area contributed by atoms with Gasteiger partial charge in [0, 0.05) is 6.99 Å². The van der Waals surface area contributed by atoms with Crippen molar-refractivity contribution in [3.8, 4) is 0 Å². The molecular weight excluding hydrogens is 112 g/mol. The second-order valence-corrected chi connectivity index (χ2v) is 1.86. The largest absolute Gasteiger partial charge is 0.298 e. The minimum absolute atomic E-state index is 0. The van der Waals surface area contributed by atoms with Gasteiger partial charge < -0.3 is 0 Å². The van der Waals surface area contributed by atoms with Crippen LogP contribution in [0.3, 0.4) is 0 Å². The highest BCUT2D eigenvalue weighted by Crippen LogP contribution is 1.98. The maximum atomic E-state index is 10.1. The lowest BCUT2D eigenvalue weighted by Crippen LogP contribution is -1.77. The zero-order valence-corrected chi connectivity index (χ0v) is 5.00. The first-order valence-corrected chi connectivity index (χ1v) is 2.70. The van der Waals surface area contributed by atoms with Gasteiger partial charge in [0.25, 0.3) is 0 Å². The van der Waals surface area contributed by atoms with Crippen LogP contribution >= 0.6 is 0 Å². The van der Waals surface area contributed by atoms with Crippen LogP contribution in [-0.4, -0.2) is 6.29 Å². The SMILES string of the molecule is [CH2]c1ccc(C=O)cc1.[H]. The molecule has 0 spiro atoms. The van der Waals surface area contributed by atoms with Crippen LogP contribution in [0.2, 0.25) is 0 Å². The monoisotopic (exact) mass is 120 g/mol. The number of aldehydes is 1. The second kappa shape index (κ2) is 2.44. The first kappa shape index (κ1) is 6.02. The second-order valence-electron chi connectivity index (χ2n) is 1.86. The third-order valence-electron chi connectivity index (χ3n) is 1.12. The fourth-order valence-electron chi connectivity index (χ4n) is 0.596. The van der Waals surface area contributed by atoms with E-state index in [1.54, 1.807) is 12.1 Å². The van der Waals surface area contributed by atoms with Gasteiger partial charge in [-0.25, -0.2) is 0 Å². The Morgan fingerprint density at radius 2 is 1.89 bits per heavy atom. The van der Waals surface area contributed by atoms with Crippen LogP contribution < -0.4 is 0 Å². The van der Waals surface area contributed by atoms with E-state index in [2.05, 4.69) is 6.92 Å². The average molecular weight is 120 g/mol. The summed E-state index contributed by atoms with van der Waals surface area (Å²) in [7, 11) is 0. The Balaban J connectivity index is 0.000000810. The Morgan fingerprint density at radius 3 is 2.33 bits per heavy atom. The molecule has 1 aromatic carbocycles. The van der Waals surface area contributed by atoms with Crippen LogP contribution in [0.5, 0.6) is 0 Å². The van der Waals surface area contributed by atoms with E-state index in [-0.39, 0.29) is 1.43 Å². The van der Waals surface area contributed by atoms with E-state index in [1.807, 2.05) is 12.1 Å². The molecule has 0 bridgehead atoms.